The first-order valence-electron chi connectivity index (χ1n) is 10.00. The molecule has 1 N–H and O–H groups in total. The lowest BCUT2D eigenvalue weighted by Crippen LogP contribution is -2.18. The van der Waals surface area contributed by atoms with Gasteiger partial charge >= 0.3 is 0 Å². The summed E-state index contributed by atoms with van der Waals surface area (Å²) in [6.45, 7) is 3.83. The van der Waals surface area contributed by atoms with Crippen LogP contribution in [0.1, 0.15) is 22.4 Å². The molecule has 6 nitrogen and oxygen atoms in total. The predicted molar refractivity (Wildman–Crippen MR) is 132 cm³/mol. The van der Waals surface area contributed by atoms with Crippen molar-refractivity contribution < 1.29 is 9.53 Å². The van der Waals surface area contributed by atoms with Gasteiger partial charge in [0.15, 0.2) is 0 Å². The van der Waals surface area contributed by atoms with Crippen LogP contribution in [-0.4, -0.2) is 27.7 Å². The summed E-state index contributed by atoms with van der Waals surface area (Å²) in [5.41, 5.74) is 5.22. The topological polar surface area (TPSA) is 79.4 Å². The molecule has 32 heavy (non-hydrogen) atoms. The molecule has 1 aromatic heterocycles. The van der Waals surface area contributed by atoms with Crippen molar-refractivity contribution in [1.82, 2.24) is 4.57 Å². The summed E-state index contributed by atoms with van der Waals surface area (Å²) in [5, 5.41) is 12.7. The largest absolute Gasteiger partial charge is 0.497 e. The highest BCUT2D eigenvalue weighted by molar-refractivity contribution is 8.38. The molecule has 2 heterocycles. The molecule has 0 unspecified atom stereocenters. The van der Waals surface area contributed by atoms with E-state index in [0.717, 1.165) is 38.5 Å². The number of nitrogens with zero attached hydrogens (tertiary/aromatic N) is 3. The second-order valence-electron chi connectivity index (χ2n) is 7.21. The lowest BCUT2D eigenvalue weighted by atomic mass is 10.2. The van der Waals surface area contributed by atoms with Crippen LogP contribution in [0.3, 0.4) is 0 Å². The molecule has 2 aromatic carbocycles. The molecule has 0 saturated heterocycles. The molecule has 0 radical (unpaired) electrons. The monoisotopic (exact) mass is 462 g/mol. The second kappa shape index (κ2) is 9.55. The molecule has 0 atom stereocenters. The van der Waals surface area contributed by atoms with Crippen molar-refractivity contribution in [2.45, 2.75) is 19.6 Å². The average molecular weight is 463 g/mol. The quantitative estimate of drug-likeness (QED) is 0.535. The van der Waals surface area contributed by atoms with Crippen LogP contribution < -0.4 is 10.1 Å². The number of thioether (sulfide) groups is 2. The van der Waals surface area contributed by atoms with Gasteiger partial charge in [0, 0.05) is 17.1 Å². The summed E-state index contributed by atoms with van der Waals surface area (Å²) >= 11 is 3.05. The summed E-state index contributed by atoms with van der Waals surface area (Å²) in [6, 6.07) is 17.8. The summed E-state index contributed by atoms with van der Waals surface area (Å²) < 4.78 is 8.02. The molecule has 162 valence electrons. The van der Waals surface area contributed by atoms with Crippen molar-refractivity contribution in [2.24, 2.45) is 4.99 Å². The van der Waals surface area contributed by atoms with E-state index in [-0.39, 0.29) is 11.7 Å². The molecule has 1 amide bonds. The SMILES string of the molecule is COc1ccc(-n2c(C)c(C)c(C#N)c2NC(=O)CSC2=Nc3ccccc3CS2)cc1. The number of carbonyl (C=O) groups is 1. The zero-order valence-corrected chi connectivity index (χ0v) is 19.6. The number of amides is 1. The molecule has 0 aliphatic carbocycles. The Labute approximate surface area is 195 Å². The normalized spacial score (nSPS) is 12.5. The van der Waals surface area contributed by atoms with Gasteiger partial charge < -0.3 is 10.1 Å². The summed E-state index contributed by atoms with van der Waals surface area (Å²) in [6.07, 6.45) is 0. The van der Waals surface area contributed by atoms with Crippen LogP contribution in [-0.2, 0) is 10.5 Å². The first-order valence-corrected chi connectivity index (χ1v) is 12.0. The van der Waals surface area contributed by atoms with Crippen LogP contribution >= 0.6 is 23.5 Å². The average Bonchev–Trinajstić information content (AvgIpc) is 3.06. The van der Waals surface area contributed by atoms with Gasteiger partial charge in [0.1, 0.15) is 22.0 Å². The Morgan fingerprint density at radius 1 is 1.25 bits per heavy atom. The van der Waals surface area contributed by atoms with Crippen molar-refractivity contribution in [3.63, 3.8) is 0 Å². The number of hydrogen-bond donors (Lipinski definition) is 1. The van der Waals surface area contributed by atoms with Gasteiger partial charge in [-0.05, 0) is 55.3 Å². The van der Waals surface area contributed by atoms with E-state index in [9.17, 15) is 10.1 Å². The minimum atomic E-state index is -0.180. The van der Waals surface area contributed by atoms with E-state index in [1.165, 1.54) is 17.3 Å². The third kappa shape index (κ3) is 4.40. The first kappa shape index (κ1) is 22.1. The van der Waals surface area contributed by atoms with Crippen molar-refractivity contribution in [1.29, 1.82) is 5.26 Å². The number of aromatic nitrogens is 1. The lowest BCUT2D eigenvalue weighted by Gasteiger charge is -2.15. The van der Waals surface area contributed by atoms with Crippen LogP contribution in [0.25, 0.3) is 5.69 Å². The van der Waals surface area contributed by atoms with Gasteiger partial charge in [-0.15, -0.1) is 0 Å². The van der Waals surface area contributed by atoms with E-state index in [1.807, 2.05) is 60.9 Å². The number of methoxy groups -OCH3 is 1. The Hall–Kier alpha value is -3.15. The number of nitrogens with one attached hydrogen (secondary N) is 1. The minimum absolute atomic E-state index is 0.180. The van der Waals surface area contributed by atoms with E-state index >= 15 is 0 Å². The predicted octanol–water partition coefficient (Wildman–Crippen LogP) is 5.58. The van der Waals surface area contributed by atoms with Crippen LogP contribution in [0.4, 0.5) is 11.5 Å². The van der Waals surface area contributed by atoms with Crippen LogP contribution in [0.5, 0.6) is 5.75 Å². The van der Waals surface area contributed by atoms with E-state index in [2.05, 4.69) is 22.4 Å². The maximum absolute atomic E-state index is 12.8. The maximum atomic E-state index is 12.8. The number of aliphatic imine (C=N–C) groups is 1. The molecule has 0 saturated carbocycles. The van der Waals surface area contributed by atoms with Crippen LogP contribution in [0, 0.1) is 25.2 Å². The molecule has 0 fully saturated rings. The highest BCUT2D eigenvalue weighted by Gasteiger charge is 2.21. The number of benzene rings is 2. The third-order valence-electron chi connectivity index (χ3n) is 5.30. The number of fused-ring (bicyclic) bond motifs is 1. The zero-order valence-electron chi connectivity index (χ0n) is 18.0. The Balaban J connectivity index is 1.54. The summed E-state index contributed by atoms with van der Waals surface area (Å²) in [7, 11) is 1.62. The second-order valence-corrected chi connectivity index (χ2v) is 9.40. The van der Waals surface area contributed by atoms with Crippen molar-refractivity contribution in [2.75, 3.05) is 18.2 Å². The molecule has 1 aliphatic rings. The zero-order chi connectivity index (χ0) is 22.7. The Kier molecular flexibility index (Phi) is 6.58. The van der Waals surface area contributed by atoms with E-state index < -0.39 is 0 Å². The molecule has 0 spiro atoms. The fraction of sp³-hybridized carbons (Fsp3) is 0.208. The van der Waals surface area contributed by atoms with Gasteiger partial charge in [-0.1, -0.05) is 41.7 Å². The minimum Gasteiger partial charge on any atom is -0.497 e. The molecular formula is C24H22N4O2S2. The van der Waals surface area contributed by atoms with Crippen LogP contribution in [0.15, 0.2) is 53.5 Å². The molecule has 3 aromatic rings. The number of hydrogen-bond acceptors (Lipinski definition) is 6. The summed E-state index contributed by atoms with van der Waals surface area (Å²) in [4.78, 5) is 17.5. The molecule has 0 bridgehead atoms. The maximum Gasteiger partial charge on any atom is 0.235 e. The third-order valence-corrected chi connectivity index (χ3v) is 7.54. The highest BCUT2D eigenvalue weighted by atomic mass is 32.2. The number of anilines is 1. The molecular weight excluding hydrogens is 440 g/mol. The number of ether oxygens (including phenoxy) is 1. The highest BCUT2D eigenvalue weighted by Crippen LogP contribution is 2.35. The Morgan fingerprint density at radius 3 is 2.72 bits per heavy atom. The van der Waals surface area contributed by atoms with E-state index in [0.29, 0.717) is 11.4 Å². The van der Waals surface area contributed by atoms with Gasteiger partial charge in [-0.3, -0.25) is 9.36 Å². The number of carbonyl (C=O) groups excluding carboxylic acids is 1. The molecule has 8 heteroatoms. The van der Waals surface area contributed by atoms with Gasteiger partial charge in [0.2, 0.25) is 5.91 Å². The van der Waals surface area contributed by atoms with Crippen molar-refractivity contribution in [3.8, 4) is 17.5 Å². The lowest BCUT2D eigenvalue weighted by molar-refractivity contribution is -0.113. The fourth-order valence-corrected chi connectivity index (χ4v) is 5.36. The smallest absolute Gasteiger partial charge is 0.235 e. The van der Waals surface area contributed by atoms with Gasteiger partial charge in [-0.2, -0.15) is 5.26 Å². The van der Waals surface area contributed by atoms with Crippen molar-refractivity contribution >= 4 is 45.3 Å². The fourth-order valence-electron chi connectivity index (χ4n) is 3.50. The number of para-hydroxylation sites is 1. The van der Waals surface area contributed by atoms with Gasteiger partial charge in [-0.25, -0.2) is 4.99 Å². The van der Waals surface area contributed by atoms with Gasteiger partial charge in [0.25, 0.3) is 0 Å². The summed E-state index contributed by atoms with van der Waals surface area (Å²) in [5.74, 6) is 2.11. The Morgan fingerprint density at radius 2 is 2.00 bits per heavy atom. The van der Waals surface area contributed by atoms with Gasteiger partial charge in [0.05, 0.1) is 24.1 Å². The first-order chi connectivity index (χ1) is 15.5. The van der Waals surface area contributed by atoms with E-state index in [1.54, 1.807) is 18.9 Å². The van der Waals surface area contributed by atoms with Crippen molar-refractivity contribution in [3.05, 3.63) is 70.9 Å². The molecule has 4 rings (SSSR count). The standard InChI is InChI=1S/C24H22N4O2S2/c1-15-16(2)28(18-8-10-19(30-3)11-9-18)23(20(15)12-25)27-22(29)14-32-24-26-21-7-5-4-6-17(21)13-31-24/h4-11H,13-14H2,1-3H3,(H,27,29). The number of nitriles is 1. The Bertz CT molecular complexity index is 1240. The van der Waals surface area contributed by atoms with Crippen LogP contribution in [0.2, 0.25) is 0 Å². The van der Waals surface area contributed by atoms with E-state index in [4.69, 9.17) is 4.74 Å². The molecule has 1 aliphatic heterocycles. The number of rotatable bonds is 5.